The molecule has 1 aromatic heterocycles. The molecule has 0 aliphatic carbocycles. The summed E-state index contributed by atoms with van der Waals surface area (Å²) >= 11 is 0. The molecule has 0 spiro atoms. The molecule has 0 fully saturated rings. The SMILES string of the molecule is CN(C)C(=O)CCn1ccc2cccc(CN)c21. The van der Waals surface area contributed by atoms with Gasteiger partial charge < -0.3 is 15.2 Å². The van der Waals surface area contributed by atoms with E-state index in [-0.39, 0.29) is 5.91 Å². The Morgan fingerprint density at radius 1 is 1.33 bits per heavy atom. The standard InChI is InChI=1S/C14H19N3O/c1-16(2)13(18)7-9-17-8-6-11-4-3-5-12(10-15)14(11)17/h3-6,8H,7,9-10,15H2,1-2H3. The summed E-state index contributed by atoms with van der Waals surface area (Å²) in [4.78, 5) is 13.2. The third kappa shape index (κ3) is 2.38. The molecule has 18 heavy (non-hydrogen) atoms. The highest BCUT2D eigenvalue weighted by Crippen LogP contribution is 2.20. The predicted molar refractivity (Wildman–Crippen MR) is 73.1 cm³/mol. The molecule has 4 nitrogen and oxygen atoms in total. The van der Waals surface area contributed by atoms with Gasteiger partial charge in [0.1, 0.15) is 0 Å². The molecule has 0 saturated carbocycles. The van der Waals surface area contributed by atoms with Gasteiger partial charge in [-0.3, -0.25) is 4.79 Å². The predicted octanol–water partition coefficient (Wildman–Crippen LogP) is 1.58. The van der Waals surface area contributed by atoms with Crippen molar-refractivity contribution < 1.29 is 4.79 Å². The van der Waals surface area contributed by atoms with Gasteiger partial charge >= 0.3 is 0 Å². The number of aromatic nitrogens is 1. The van der Waals surface area contributed by atoms with Gasteiger partial charge in [0, 0.05) is 39.8 Å². The lowest BCUT2D eigenvalue weighted by Gasteiger charge is -2.12. The van der Waals surface area contributed by atoms with Crippen LogP contribution >= 0.6 is 0 Å². The molecule has 2 aromatic rings. The summed E-state index contributed by atoms with van der Waals surface area (Å²) in [5.74, 6) is 0.141. The van der Waals surface area contributed by atoms with E-state index in [4.69, 9.17) is 5.73 Å². The summed E-state index contributed by atoms with van der Waals surface area (Å²) in [7, 11) is 3.56. The highest BCUT2D eigenvalue weighted by Gasteiger charge is 2.08. The fourth-order valence-corrected chi connectivity index (χ4v) is 2.13. The largest absolute Gasteiger partial charge is 0.349 e. The first kappa shape index (κ1) is 12.6. The zero-order valence-corrected chi connectivity index (χ0v) is 10.9. The third-order valence-electron chi connectivity index (χ3n) is 3.16. The summed E-state index contributed by atoms with van der Waals surface area (Å²) < 4.78 is 2.11. The van der Waals surface area contributed by atoms with Gasteiger partial charge in [0.15, 0.2) is 0 Å². The van der Waals surface area contributed by atoms with E-state index in [1.807, 2.05) is 18.3 Å². The second kappa shape index (κ2) is 5.23. The summed E-state index contributed by atoms with van der Waals surface area (Å²) in [5.41, 5.74) is 8.02. The van der Waals surface area contributed by atoms with E-state index in [0.717, 1.165) is 11.1 Å². The van der Waals surface area contributed by atoms with Crippen LogP contribution in [0.1, 0.15) is 12.0 Å². The van der Waals surface area contributed by atoms with E-state index < -0.39 is 0 Å². The molecule has 0 bridgehead atoms. The number of carbonyl (C=O) groups excluding carboxylic acids is 1. The maximum absolute atomic E-state index is 11.6. The van der Waals surface area contributed by atoms with Gasteiger partial charge in [0.05, 0.1) is 5.52 Å². The number of carbonyl (C=O) groups is 1. The molecule has 4 heteroatoms. The molecular weight excluding hydrogens is 226 g/mol. The lowest BCUT2D eigenvalue weighted by Crippen LogP contribution is -2.22. The molecule has 96 valence electrons. The minimum Gasteiger partial charge on any atom is -0.349 e. The van der Waals surface area contributed by atoms with E-state index in [0.29, 0.717) is 19.5 Å². The first-order valence-corrected chi connectivity index (χ1v) is 6.10. The highest BCUT2D eigenvalue weighted by molar-refractivity contribution is 5.83. The number of rotatable bonds is 4. The van der Waals surface area contributed by atoms with Crippen LogP contribution in [0.3, 0.4) is 0 Å². The van der Waals surface area contributed by atoms with Gasteiger partial charge in [0.25, 0.3) is 0 Å². The Hall–Kier alpha value is -1.81. The molecule has 1 aromatic carbocycles. The van der Waals surface area contributed by atoms with Crippen LogP contribution in [-0.4, -0.2) is 29.5 Å². The minimum atomic E-state index is 0.141. The molecule has 2 N–H and O–H groups in total. The van der Waals surface area contributed by atoms with Crippen molar-refractivity contribution in [2.75, 3.05) is 14.1 Å². The zero-order chi connectivity index (χ0) is 13.1. The Labute approximate surface area is 107 Å². The molecule has 2 rings (SSSR count). The topological polar surface area (TPSA) is 51.3 Å². The molecule has 0 unspecified atom stereocenters. The number of nitrogens with two attached hydrogens (primary N) is 1. The molecule has 1 heterocycles. The van der Waals surface area contributed by atoms with Gasteiger partial charge in [0.2, 0.25) is 5.91 Å². The molecule has 0 aliphatic heterocycles. The number of aryl methyl sites for hydroxylation is 1. The number of fused-ring (bicyclic) bond motifs is 1. The molecule has 0 aliphatic rings. The van der Waals surface area contributed by atoms with Crippen LogP contribution in [0.2, 0.25) is 0 Å². The van der Waals surface area contributed by atoms with Crippen molar-refractivity contribution in [1.82, 2.24) is 9.47 Å². The van der Waals surface area contributed by atoms with Crippen LogP contribution in [0.25, 0.3) is 10.9 Å². The number of hydrogen-bond donors (Lipinski definition) is 1. The smallest absolute Gasteiger partial charge is 0.223 e. The fourth-order valence-electron chi connectivity index (χ4n) is 2.13. The van der Waals surface area contributed by atoms with Gasteiger partial charge in [-0.15, -0.1) is 0 Å². The number of amides is 1. The van der Waals surface area contributed by atoms with E-state index in [1.165, 1.54) is 5.39 Å². The van der Waals surface area contributed by atoms with Crippen LogP contribution < -0.4 is 5.73 Å². The number of para-hydroxylation sites is 1. The summed E-state index contributed by atoms with van der Waals surface area (Å²) in [6, 6.07) is 8.18. The Balaban J connectivity index is 2.26. The van der Waals surface area contributed by atoms with Crippen molar-refractivity contribution in [1.29, 1.82) is 0 Å². The van der Waals surface area contributed by atoms with Gasteiger partial charge in [-0.25, -0.2) is 0 Å². The first-order chi connectivity index (χ1) is 8.63. The molecule has 0 saturated heterocycles. The maximum atomic E-state index is 11.6. The van der Waals surface area contributed by atoms with Crippen LogP contribution in [0, 0.1) is 0 Å². The van der Waals surface area contributed by atoms with Crippen molar-refractivity contribution in [2.24, 2.45) is 5.73 Å². The highest BCUT2D eigenvalue weighted by atomic mass is 16.2. The van der Waals surface area contributed by atoms with E-state index >= 15 is 0 Å². The van der Waals surface area contributed by atoms with Crippen molar-refractivity contribution >= 4 is 16.8 Å². The monoisotopic (exact) mass is 245 g/mol. The summed E-state index contributed by atoms with van der Waals surface area (Å²) in [6.45, 7) is 1.21. The number of benzene rings is 1. The quantitative estimate of drug-likeness (QED) is 0.889. The van der Waals surface area contributed by atoms with Crippen LogP contribution in [0.5, 0.6) is 0 Å². The summed E-state index contributed by atoms with van der Waals surface area (Å²) in [6.07, 6.45) is 2.53. The minimum absolute atomic E-state index is 0.141. The van der Waals surface area contributed by atoms with Crippen molar-refractivity contribution in [3.05, 3.63) is 36.0 Å². The molecular formula is C14H19N3O. The van der Waals surface area contributed by atoms with Crippen LogP contribution in [0.15, 0.2) is 30.5 Å². The molecule has 0 atom stereocenters. The van der Waals surface area contributed by atoms with Gasteiger partial charge in [-0.05, 0) is 17.0 Å². The summed E-state index contributed by atoms with van der Waals surface area (Å²) in [5, 5.41) is 1.18. The average Bonchev–Trinajstić information content (AvgIpc) is 2.78. The first-order valence-electron chi connectivity index (χ1n) is 6.10. The van der Waals surface area contributed by atoms with E-state index in [2.05, 4.69) is 16.7 Å². The van der Waals surface area contributed by atoms with Gasteiger partial charge in [-0.2, -0.15) is 0 Å². The van der Waals surface area contributed by atoms with Crippen molar-refractivity contribution in [3.63, 3.8) is 0 Å². The van der Waals surface area contributed by atoms with Crippen LogP contribution in [-0.2, 0) is 17.9 Å². The average molecular weight is 245 g/mol. The fraction of sp³-hybridized carbons (Fsp3) is 0.357. The lowest BCUT2D eigenvalue weighted by atomic mass is 10.1. The molecule has 1 amide bonds. The maximum Gasteiger partial charge on any atom is 0.223 e. The Morgan fingerprint density at radius 2 is 2.11 bits per heavy atom. The normalized spacial score (nSPS) is 10.8. The molecule has 0 radical (unpaired) electrons. The number of hydrogen-bond acceptors (Lipinski definition) is 2. The van der Waals surface area contributed by atoms with Crippen molar-refractivity contribution in [2.45, 2.75) is 19.5 Å². The third-order valence-corrected chi connectivity index (χ3v) is 3.16. The van der Waals surface area contributed by atoms with E-state index in [1.54, 1.807) is 19.0 Å². The Kier molecular flexibility index (Phi) is 3.67. The van der Waals surface area contributed by atoms with Crippen LogP contribution in [0.4, 0.5) is 0 Å². The Morgan fingerprint density at radius 3 is 2.78 bits per heavy atom. The second-order valence-electron chi connectivity index (χ2n) is 4.61. The van der Waals surface area contributed by atoms with Gasteiger partial charge in [-0.1, -0.05) is 18.2 Å². The number of nitrogens with zero attached hydrogens (tertiary/aromatic N) is 2. The van der Waals surface area contributed by atoms with Crippen molar-refractivity contribution in [3.8, 4) is 0 Å². The second-order valence-corrected chi connectivity index (χ2v) is 4.61. The zero-order valence-electron chi connectivity index (χ0n) is 10.9. The Bertz CT molecular complexity index is 557. The lowest BCUT2D eigenvalue weighted by molar-refractivity contribution is -0.128. The van der Waals surface area contributed by atoms with E-state index in [9.17, 15) is 4.79 Å².